The molecular weight excluding hydrogens is 274 g/mol. The van der Waals surface area contributed by atoms with Gasteiger partial charge in [-0.05, 0) is 41.3 Å². The van der Waals surface area contributed by atoms with Gasteiger partial charge in [0.05, 0.1) is 0 Å². The van der Waals surface area contributed by atoms with Crippen molar-refractivity contribution in [3.05, 3.63) is 58.6 Å². The lowest BCUT2D eigenvalue weighted by Crippen LogP contribution is -1.92. The summed E-state index contributed by atoms with van der Waals surface area (Å²) in [5.41, 5.74) is 9.21. The smallest absolute Gasteiger partial charge is 0.0426 e. The molecule has 1 nitrogen and oxygen atoms in total. The highest BCUT2D eigenvalue weighted by atomic mass is 35.5. The van der Waals surface area contributed by atoms with E-state index in [2.05, 4.69) is 38.1 Å². The molecule has 0 heterocycles. The molecule has 0 atom stereocenters. The van der Waals surface area contributed by atoms with E-state index in [-0.39, 0.29) is 0 Å². The molecule has 2 aromatic rings. The van der Waals surface area contributed by atoms with Crippen molar-refractivity contribution < 1.29 is 0 Å². The van der Waals surface area contributed by atoms with Crippen LogP contribution in [0.25, 0.3) is 0 Å². The zero-order valence-corrected chi connectivity index (χ0v) is 12.8. The van der Waals surface area contributed by atoms with Gasteiger partial charge in [0.15, 0.2) is 0 Å². The Labute approximate surface area is 124 Å². The summed E-state index contributed by atoms with van der Waals surface area (Å²) in [4.78, 5) is 1.26. The largest absolute Gasteiger partial charge is 0.398 e. The Hall–Kier alpha value is -1.12. The highest BCUT2D eigenvalue weighted by Crippen LogP contribution is 2.28. The van der Waals surface area contributed by atoms with E-state index >= 15 is 0 Å². The number of rotatable bonds is 4. The Morgan fingerprint density at radius 1 is 1.11 bits per heavy atom. The summed E-state index contributed by atoms with van der Waals surface area (Å²) in [6.45, 7) is 4.41. The molecule has 0 spiro atoms. The first-order valence-electron chi connectivity index (χ1n) is 6.33. The molecule has 2 N–H and O–H groups in total. The van der Waals surface area contributed by atoms with Crippen molar-refractivity contribution in [1.29, 1.82) is 0 Å². The van der Waals surface area contributed by atoms with Crippen molar-refractivity contribution in [2.45, 2.75) is 30.4 Å². The second kappa shape index (κ2) is 6.36. The minimum atomic E-state index is 0.575. The predicted molar refractivity (Wildman–Crippen MR) is 86.0 cm³/mol. The molecule has 0 fully saturated rings. The SMILES string of the molecule is CC(C)c1ccc(SCc2ccc(Cl)cc2N)cc1. The number of nitrogens with two attached hydrogens (primary N) is 1. The topological polar surface area (TPSA) is 26.0 Å². The summed E-state index contributed by atoms with van der Waals surface area (Å²) in [6.07, 6.45) is 0. The van der Waals surface area contributed by atoms with Crippen LogP contribution < -0.4 is 5.73 Å². The minimum absolute atomic E-state index is 0.575. The van der Waals surface area contributed by atoms with Gasteiger partial charge in [-0.1, -0.05) is 43.6 Å². The van der Waals surface area contributed by atoms with Crippen molar-refractivity contribution in [2.75, 3.05) is 5.73 Å². The predicted octanol–water partition coefficient (Wildman–Crippen LogP) is 5.34. The van der Waals surface area contributed by atoms with Crippen LogP contribution in [0.4, 0.5) is 5.69 Å². The van der Waals surface area contributed by atoms with Gasteiger partial charge in [-0.15, -0.1) is 11.8 Å². The van der Waals surface area contributed by atoms with Crippen molar-refractivity contribution >= 4 is 29.1 Å². The zero-order chi connectivity index (χ0) is 13.8. The Balaban J connectivity index is 2.02. The molecule has 2 rings (SSSR count). The van der Waals surface area contributed by atoms with E-state index in [0.29, 0.717) is 10.9 Å². The number of halogens is 1. The van der Waals surface area contributed by atoms with E-state index < -0.39 is 0 Å². The Morgan fingerprint density at radius 2 is 1.79 bits per heavy atom. The first kappa shape index (κ1) is 14.3. The highest BCUT2D eigenvalue weighted by Gasteiger charge is 2.03. The Kier molecular flexibility index (Phi) is 4.78. The van der Waals surface area contributed by atoms with E-state index in [9.17, 15) is 0 Å². The Morgan fingerprint density at radius 3 is 2.37 bits per heavy atom. The summed E-state index contributed by atoms with van der Waals surface area (Å²) < 4.78 is 0. The molecule has 0 unspecified atom stereocenters. The van der Waals surface area contributed by atoms with Crippen molar-refractivity contribution in [2.24, 2.45) is 0 Å². The van der Waals surface area contributed by atoms with Gasteiger partial charge >= 0.3 is 0 Å². The average molecular weight is 292 g/mol. The van der Waals surface area contributed by atoms with Gasteiger partial charge < -0.3 is 5.73 Å². The summed E-state index contributed by atoms with van der Waals surface area (Å²) in [5, 5.41) is 0.688. The van der Waals surface area contributed by atoms with Crippen LogP contribution in [-0.4, -0.2) is 0 Å². The van der Waals surface area contributed by atoms with E-state index in [0.717, 1.165) is 17.0 Å². The fourth-order valence-electron chi connectivity index (χ4n) is 1.81. The quantitative estimate of drug-likeness (QED) is 0.608. The third-order valence-electron chi connectivity index (χ3n) is 3.05. The third kappa shape index (κ3) is 3.92. The lowest BCUT2D eigenvalue weighted by molar-refractivity contribution is 0.865. The standard InChI is InChI=1S/C16H18ClNS/c1-11(2)12-4-7-15(8-5-12)19-10-13-3-6-14(17)9-16(13)18/h3-9,11H,10,18H2,1-2H3. The number of hydrogen-bond acceptors (Lipinski definition) is 2. The zero-order valence-electron chi connectivity index (χ0n) is 11.2. The number of anilines is 1. The fraction of sp³-hybridized carbons (Fsp3) is 0.250. The fourth-order valence-corrected chi connectivity index (χ4v) is 2.90. The molecule has 0 saturated heterocycles. The van der Waals surface area contributed by atoms with Gasteiger partial charge in [-0.2, -0.15) is 0 Å². The van der Waals surface area contributed by atoms with E-state index in [1.165, 1.54) is 10.5 Å². The summed E-state index contributed by atoms with van der Waals surface area (Å²) in [7, 11) is 0. The lowest BCUT2D eigenvalue weighted by atomic mass is 10.0. The summed E-state index contributed by atoms with van der Waals surface area (Å²) >= 11 is 7.69. The molecule has 0 saturated carbocycles. The Bertz CT molecular complexity index is 549. The summed E-state index contributed by atoms with van der Waals surface area (Å²) in [6, 6.07) is 14.4. The first-order valence-corrected chi connectivity index (χ1v) is 7.69. The first-order chi connectivity index (χ1) is 9.06. The van der Waals surface area contributed by atoms with Crippen LogP contribution in [0.5, 0.6) is 0 Å². The lowest BCUT2D eigenvalue weighted by Gasteiger charge is -2.08. The highest BCUT2D eigenvalue weighted by molar-refractivity contribution is 7.98. The molecule has 2 aromatic carbocycles. The molecule has 0 radical (unpaired) electrons. The monoisotopic (exact) mass is 291 g/mol. The van der Waals surface area contributed by atoms with E-state index in [1.807, 2.05) is 12.1 Å². The van der Waals surface area contributed by atoms with E-state index in [1.54, 1.807) is 17.8 Å². The molecule has 0 amide bonds. The number of thioether (sulfide) groups is 1. The van der Waals surface area contributed by atoms with Crippen molar-refractivity contribution in [1.82, 2.24) is 0 Å². The van der Waals surface area contributed by atoms with Gasteiger partial charge in [0, 0.05) is 21.4 Å². The molecule has 100 valence electrons. The molecule has 0 aliphatic carbocycles. The molecule has 19 heavy (non-hydrogen) atoms. The van der Waals surface area contributed by atoms with Crippen molar-refractivity contribution in [3.8, 4) is 0 Å². The van der Waals surface area contributed by atoms with E-state index in [4.69, 9.17) is 17.3 Å². The van der Waals surface area contributed by atoms with Crippen LogP contribution >= 0.6 is 23.4 Å². The van der Waals surface area contributed by atoms with Crippen LogP contribution in [0, 0.1) is 0 Å². The van der Waals surface area contributed by atoms with Gasteiger partial charge in [0.2, 0.25) is 0 Å². The van der Waals surface area contributed by atoms with Crippen LogP contribution in [0.2, 0.25) is 5.02 Å². The average Bonchev–Trinajstić information content (AvgIpc) is 2.38. The second-order valence-corrected chi connectivity index (χ2v) is 6.34. The summed E-state index contributed by atoms with van der Waals surface area (Å²) in [5.74, 6) is 1.44. The maximum Gasteiger partial charge on any atom is 0.0426 e. The number of hydrogen-bond donors (Lipinski definition) is 1. The van der Waals surface area contributed by atoms with Gasteiger partial charge in [0.25, 0.3) is 0 Å². The molecule has 3 heteroatoms. The maximum atomic E-state index is 5.95. The third-order valence-corrected chi connectivity index (χ3v) is 4.34. The molecular formula is C16H18ClNS. The van der Waals surface area contributed by atoms with Crippen LogP contribution in [0.15, 0.2) is 47.4 Å². The number of benzene rings is 2. The number of nitrogen functional groups attached to an aromatic ring is 1. The van der Waals surface area contributed by atoms with Crippen LogP contribution in [0.1, 0.15) is 30.9 Å². The maximum absolute atomic E-state index is 5.95. The van der Waals surface area contributed by atoms with Gasteiger partial charge in [0.1, 0.15) is 0 Å². The normalized spacial score (nSPS) is 10.9. The van der Waals surface area contributed by atoms with Crippen molar-refractivity contribution in [3.63, 3.8) is 0 Å². The second-order valence-electron chi connectivity index (χ2n) is 4.86. The molecule has 0 aliphatic heterocycles. The molecule has 0 aromatic heterocycles. The minimum Gasteiger partial charge on any atom is -0.398 e. The molecule has 0 bridgehead atoms. The van der Waals surface area contributed by atoms with Gasteiger partial charge in [-0.3, -0.25) is 0 Å². The molecule has 0 aliphatic rings. The van der Waals surface area contributed by atoms with Gasteiger partial charge in [-0.25, -0.2) is 0 Å². The van der Waals surface area contributed by atoms with Crippen LogP contribution in [-0.2, 0) is 5.75 Å². The van der Waals surface area contributed by atoms with Crippen LogP contribution in [0.3, 0.4) is 0 Å².